The molecular weight excluding hydrogens is 284 g/mol. The normalized spacial score (nSPS) is 10.4. The fourth-order valence-electron chi connectivity index (χ4n) is 1.68. The van der Waals surface area contributed by atoms with E-state index in [4.69, 9.17) is 5.73 Å². The van der Waals surface area contributed by atoms with E-state index in [2.05, 4.69) is 10.1 Å². The molecule has 0 radical (unpaired) electrons. The largest absolute Gasteiger partial charge is 0.435 e. The standard InChI is InChI=1S/C13H11F2N3O3/c14-13(15)21-10-4-1-8(2-5-10)17-9-3-6-12(18(19)20)11(16)7-9/h1-7,13,17H,16H2. The number of halogens is 2. The molecule has 2 aromatic rings. The van der Waals surface area contributed by atoms with Crippen LogP contribution in [-0.2, 0) is 0 Å². The number of anilines is 3. The minimum atomic E-state index is -2.88. The number of nitro groups is 1. The summed E-state index contributed by atoms with van der Waals surface area (Å²) >= 11 is 0. The van der Waals surface area contributed by atoms with Crippen molar-refractivity contribution in [2.45, 2.75) is 6.61 Å². The molecule has 0 spiro atoms. The number of nitrogens with zero attached hydrogens (tertiary/aromatic N) is 1. The summed E-state index contributed by atoms with van der Waals surface area (Å²) in [5.41, 5.74) is 6.56. The van der Waals surface area contributed by atoms with Gasteiger partial charge in [-0.25, -0.2) is 0 Å². The lowest BCUT2D eigenvalue weighted by Crippen LogP contribution is -2.01. The van der Waals surface area contributed by atoms with Crippen molar-refractivity contribution in [1.82, 2.24) is 0 Å². The van der Waals surface area contributed by atoms with Crippen LogP contribution in [0.25, 0.3) is 0 Å². The molecule has 0 aliphatic carbocycles. The molecule has 3 N–H and O–H groups in total. The summed E-state index contributed by atoms with van der Waals surface area (Å²) in [7, 11) is 0. The second-order valence-corrected chi connectivity index (χ2v) is 4.06. The smallest absolute Gasteiger partial charge is 0.387 e. The van der Waals surface area contributed by atoms with Crippen molar-refractivity contribution in [3.63, 3.8) is 0 Å². The van der Waals surface area contributed by atoms with Gasteiger partial charge in [-0.05, 0) is 36.4 Å². The minimum absolute atomic E-state index is 0.0302. The molecule has 6 nitrogen and oxygen atoms in total. The highest BCUT2D eigenvalue weighted by Crippen LogP contribution is 2.27. The minimum Gasteiger partial charge on any atom is -0.435 e. The van der Waals surface area contributed by atoms with Crippen LogP contribution >= 0.6 is 0 Å². The van der Waals surface area contributed by atoms with Crippen molar-refractivity contribution in [1.29, 1.82) is 0 Å². The second kappa shape index (κ2) is 6.04. The molecule has 0 saturated heterocycles. The maximum absolute atomic E-state index is 12.0. The van der Waals surface area contributed by atoms with E-state index in [9.17, 15) is 18.9 Å². The predicted molar refractivity (Wildman–Crippen MR) is 73.9 cm³/mol. The molecule has 0 bridgehead atoms. The summed E-state index contributed by atoms with van der Waals surface area (Å²) in [5.74, 6) is 0.0405. The Morgan fingerprint density at radius 2 is 1.76 bits per heavy atom. The van der Waals surface area contributed by atoms with Crippen molar-refractivity contribution in [2.75, 3.05) is 11.1 Å². The third kappa shape index (κ3) is 3.78. The molecule has 0 atom stereocenters. The van der Waals surface area contributed by atoms with E-state index in [0.717, 1.165) is 0 Å². The molecule has 21 heavy (non-hydrogen) atoms. The van der Waals surface area contributed by atoms with E-state index in [-0.39, 0.29) is 17.1 Å². The van der Waals surface area contributed by atoms with E-state index in [1.807, 2.05) is 0 Å². The first-order valence-corrected chi connectivity index (χ1v) is 5.81. The number of nitrogen functional groups attached to an aromatic ring is 1. The van der Waals surface area contributed by atoms with E-state index < -0.39 is 11.5 Å². The van der Waals surface area contributed by atoms with Crippen molar-refractivity contribution in [2.24, 2.45) is 0 Å². The number of ether oxygens (including phenoxy) is 1. The Labute approximate surface area is 118 Å². The summed E-state index contributed by atoms with van der Waals surface area (Å²) in [6, 6.07) is 10.0. The van der Waals surface area contributed by atoms with E-state index >= 15 is 0 Å². The average Bonchev–Trinajstić information content (AvgIpc) is 2.40. The van der Waals surface area contributed by atoms with Crippen molar-refractivity contribution in [3.8, 4) is 5.75 Å². The molecule has 0 unspecified atom stereocenters. The van der Waals surface area contributed by atoms with Crippen molar-refractivity contribution >= 4 is 22.7 Å². The number of nitrogens with one attached hydrogen (secondary N) is 1. The van der Waals surface area contributed by atoms with Gasteiger partial charge in [0.2, 0.25) is 0 Å². The van der Waals surface area contributed by atoms with Gasteiger partial charge in [0.15, 0.2) is 0 Å². The van der Waals surface area contributed by atoms with Crippen LogP contribution in [0.1, 0.15) is 0 Å². The zero-order valence-corrected chi connectivity index (χ0v) is 10.6. The SMILES string of the molecule is Nc1cc(Nc2ccc(OC(F)F)cc2)ccc1[N+](=O)[O-]. The number of alkyl halides is 2. The summed E-state index contributed by atoms with van der Waals surface area (Å²) in [6.07, 6.45) is 0. The second-order valence-electron chi connectivity index (χ2n) is 4.06. The highest BCUT2D eigenvalue weighted by molar-refractivity contribution is 5.70. The average molecular weight is 295 g/mol. The third-order valence-electron chi connectivity index (χ3n) is 2.59. The van der Waals surface area contributed by atoms with Crippen molar-refractivity contribution < 1.29 is 18.4 Å². The van der Waals surface area contributed by atoms with E-state index in [1.165, 1.54) is 42.5 Å². The highest BCUT2D eigenvalue weighted by atomic mass is 19.3. The Balaban J connectivity index is 2.11. The zero-order valence-electron chi connectivity index (χ0n) is 10.6. The summed E-state index contributed by atoms with van der Waals surface area (Å²) < 4.78 is 28.2. The molecule has 0 heterocycles. The van der Waals surface area contributed by atoms with Gasteiger partial charge in [0.05, 0.1) is 4.92 Å². The lowest BCUT2D eigenvalue weighted by atomic mass is 10.2. The molecule has 0 amide bonds. The molecule has 2 aromatic carbocycles. The van der Waals surface area contributed by atoms with Gasteiger partial charge in [-0.3, -0.25) is 10.1 Å². The number of nitrogens with two attached hydrogens (primary N) is 1. The van der Waals surface area contributed by atoms with Gasteiger partial charge >= 0.3 is 6.61 Å². The number of hydrogen-bond acceptors (Lipinski definition) is 5. The zero-order chi connectivity index (χ0) is 15.4. The molecule has 0 aliphatic heterocycles. The molecule has 2 rings (SSSR count). The van der Waals surface area contributed by atoms with E-state index in [0.29, 0.717) is 11.4 Å². The summed E-state index contributed by atoms with van der Waals surface area (Å²) in [6.45, 7) is -2.88. The predicted octanol–water partition coefficient (Wildman–Crippen LogP) is 3.52. The summed E-state index contributed by atoms with van der Waals surface area (Å²) in [4.78, 5) is 10.1. The van der Waals surface area contributed by atoms with Crippen molar-refractivity contribution in [3.05, 3.63) is 52.6 Å². The van der Waals surface area contributed by atoms with E-state index in [1.54, 1.807) is 0 Å². The highest BCUT2D eigenvalue weighted by Gasteiger charge is 2.11. The van der Waals surface area contributed by atoms with Crippen LogP contribution in [0, 0.1) is 10.1 Å². The van der Waals surface area contributed by atoms with Gasteiger partial charge in [0.1, 0.15) is 11.4 Å². The lowest BCUT2D eigenvalue weighted by Gasteiger charge is -2.09. The fraction of sp³-hybridized carbons (Fsp3) is 0.0769. The first kappa shape index (κ1) is 14.5. The third-order valence-corrected chi connectivity index (χ3v) is 2.59. The van der Waals surface area contributed by atoms with Crippen LogP contribution in [0.3, 0.4) is 0 Å². The van der Waals surface area contributed by atoms with Gasteiger partial charge in [-0.15, -0.1) is 0 Å². The van der Waals surface area contributed by atoms with Crippen LogP contribution in [0.2, 0.25) is 0 Å². The van der Waals surface area contributed by atoms with Gasteiger partial charge in [0.25, 0.3) is 5.69 Å². The van der Waals surface area contributed by atoms with Crippen LogP contribution in [0.15, 0.2) is 42.5 Å². The Morgan fingerprint density at radius 1 is 1.14 bits per heavy atom. The molecule has 0 aliphatic rings. The number of nitro benzene ring substituents is 1. The Morgan fingerprint density at radius 3 is 2.29 bits per heavy atom. The molecule has 0 saturated carbocycles. The molecule has 8 heteroatoms. The number of rotatable bonds is 5. The van der Waals surface area contributed by atoms with Gasteiger partial charge in [-0.1, -0.05) is 0 Å². The number of hydrogen-bond donors (Lipinski definition) is 2. The first-order valence-electron chi connectivity index (χ1n) is 5.81. The Bertz CT molecular complexity index is 648. The lowest BCUT2D eigenvalue weighted by molar-refractivity contribution is -0.383. The van der Waals surface area contributed by atoms with Crippen LogP contribution in [-0.4, -0.2) is 11.5 Å². The monoisotopic (exact) mass is 295 g/mol. The van der Waals surface area contributed by atoms with Gasteiger partial charge in [-0.2, -0.15) is 8.78 Å². The first-order chi connectivity index (χ1) is 9.95. The number of benzene rings is 2. The Kier molecular flexibility index (Phi) is 4.17. The quantitative estimate of drug-likeness (QED) is 0.500. The molecule has 0 fully saturated rings. The van der Waals surface area contributed by atoms with Gasteiger partial charge < -0.3 is 15.8 Å². The van der Waals surface area contributed by atoms with Crippen LogP contribution in [0.4, 0.5) is 31.5 Å². The topological polar surface area (TPSA) is 90.4 Å². The van der Waals surface area contributed by atoms with Crippen LogP contribution in [0.5, 0.6) is 5.75 Å². The molecule has 110 valence electrons. The maximum Gasteiger partial charge on any atom is 0.387 e. The molecular formula is C13H11F2N3O3. The van der Waals surface area contributed by atoms with Gasteiger partial charge in [0, 0.05) is 17.4 Å². The maximum atomic E-state index is 12.0. The Hall–Kier alpha value is -2.90. The van der Waals surface area contributed by atoms with Crippen LogP contribution < -0.4 is 15.8 Å². The molecule has 0 aromatic heterocycles. The summed E-state index contributed by atoms with van der Waals surface area (Å²) in [5, 5.41) is 13.6. The fourth-order valence-corrected chi connectivity index (χ4v) is 1.68.